The summed E-state index contributed by atoms with van der Waals surface area (Å²) in [5.74, 6) is 3.60. The minimum atomic E-state index is 0.250. The lowest BCUT2D eigenvalue weighted by Gasteiger charge is -2.64. The molecular formula is C30H48O2. The molecule has 0 heterocycles. The first-order chi connectivity index (χ1) is 15.0. The van der Waals surface area contributed by atoms with Gasteiger partial charge in [0.05, 0.1) is 6.10 Å². The molecule has 0 aromatic heterocycles. The van der Waals surface area contributed by atoms with Gasteiger partial charge in [-0.3, -0.25) is 4.79 Å². The molecule has 5 rings (SSSR count). The Balaban J connectivity index is 1.49. The molecule has 0 aliphatic heterocycles. The van der Waals surface area contributed by atoms with Gasteiger partial charge in [-0.1, -0.05) is 53.2 Å². The summed E-state index contributed by atoms with van der Waals surface area (Å²) in [5.41, 5.74) is 3.23. The predicted molar refractivity (Wildman–Crippen MR) is 131 cm³/mol. The average molecular weight is 441 g/mol. The quantitative estimate of drug-likeness (QED) is 0.392. The molecule has 9 atom stereocenters. The van der Waals surface area contributed by atoms with Crippen molar-refractivity contribution in [3.05, 3.63) is 11.6 Å². The van der Waals surface area contributed by atoms with Crippen molar-refractivity contribution in [2.24, 2.45) is 51.2 Å². The number of carbonyl (C=O) groups is 1. The van der Waals surface area contributed by atoms with Crippen LogP contribution in [0.2, 0.25) is 0 Å². The fraction of sp³-hybridized carbons (Fsp3) is 0.900. The Morgan fingerprint density at radius 1 is 0.906 bits per heavy atom. The van der Waals surface area contributed by atoms with Crippen molar-refractivity contribution in [2.45, 2.75) is 112 Å². The van der Waals surface area contributed by atoms with E-state index in [0.717, 1.165) is 31.1 Å². The van der Waals surface area contributed by atoms with E-state index < -0.39 is 0 Å². The molecule has 5 aliphatic carbocycles. The van der Waals surface area contributed by atoms with Gasteiger partial charge in [0.1, 0.15) is 5.78 Å². The number of fused-ring (bicyclic) bond motifs is 6. The smallest absolute Gasteiger partial charge is 0.136 e. The van der Waals surface area contributed by atoms with Gasteiger partial charge in [0.2, 0.25) is 0 Å². The third kappa shape index (κ3) is 3.03. The predicted octanol–water partition coefficient (Wildman–Crippen LogP) is 7.61. The first-order valence-electron chi connectivity index (χ1n) is 13.7. The third-order valence-corrected chi connectivity index (χ3v) is 12.5. The Labute approximate surface area is 197 Å². The summed E-state index contributed by atoms with van der Waals surface area (Å²) in [5, 5.41) is 0. The highest BCUT2D eigenvalue weighted by Crippen LogP contribution is 2.69. The van der Waals surface area contributed by atoms with E-state index in [4.69, 9.17) is 4.74 Å². The van der Waals surface area contributed by atoms with Crippen molar-refractivity contribution in [1.82, 2.24) is 0 Å². The van der Waals surface area contributed by atoms with Crippen molar-refractivity contribution in [1.29, 1.82) is 0 Å². The molecular weight excluding hydrogens is 392 g/mol. The summed E-state index contributed by atoms with van der Waals surface area (Å²) in [6.45, 7) is 15.1. The van der Waals surface area contributed by atoms with E-state index in [2.05, 4.69) is 47.6 Å². The topological polar surface area (TPSA) is 26.3 Å². The van der Waals surface area contributed by atoms with Gasteiger partial charge in [-0.05, 0) is 103 Å². The van der Waals surface area contributed by atoms with E-state index in [-0.39, 0.29) is 11.3 Å². The lowest BCUT2D eigenvalue weighted by molar-refractivity contribution is -0.177. The Hall–Kier alpha value is -0.630. The van der Waals surface area contributed by atoms with Crippen LogP contribution in [0.5, 0.6) is 0 Å². The van der Waals surface area contributed by atoms with Gasteiger partial charge in [0.15, 0.2) is 0 Å². The maximum Gasteiger partial charge on any atom is 0.136 e. The Bertz CT molecular complexity index is 810. The zero-order valence-corrected chi connectivity index (χ0v) is 21.9. The molecule has 2 nitrogen and oxygen atoms in total. The second-order valence-electron chi connectivity index (χ2n) is 14.1. The van der Waals surface area contributed by atoms with Crippen LogP contribution in [0.15, 0.2) is 11.6 Å². The summed E-state index contributed by atoms with van der Waals surface area (Å²) in [6, 6.07) is 0. The molecule has 0 radical (unpaired) electrons. The average Bonchev–Trinajstić information content (AvgIpc) is 2.88. The number of Topliss-reactive ketones (excluding diaryl/α,β-unsaturated/α-hetero) is 1. The molecule has 180 valence electrons. The van der Waals surface area contributed by atoms with Gasteiger partial charge in [-0.25, -0.2) is 0 Å². The molecule has 4 saturated carbocycles. The van der Waals surface area contributed by atoms with Crippen LogP contribution in [0.3, 0.4) is 0 Å². The van der Waals surface area contributed by atoms with E-state index in [1.54, 1.807) is 5.57 Å². The number of carbonyl (C=O) groups excluding carboxylic acids is 1. The molecule has 0 spiro atoms. The van der Waals surface area contributed by atoms with Crippen molar-refractivity contribution in [3.8, 4) is 0 Å². The minimum absolute atomic E-state index is 0.250. The Morgan fingerprint density at radius 2 is 1.66 bits per heavy atom. The summed E-state index contributed by atoms with van der Waals surface area (Å²) in [6.07, 6.45) is 15.4. The van der Waals surface area contributed by atoms with Crippen LogP contribution < -0.4 is 0 Å². The van der Waals surface area contributed by atoms with E-state index in [9.17, 15) is 4.79 Å². The van der Waals surface area contributed by atoms with Crippen LogP contribution in [0, 0.1) is 51.2 Å². The fourth-order valence-corrected chi connectivity index (χ4v) is 10.8. The molecule has 0 unspecified atom stereocenters. The van der Waals surface area contributed by atoms with Crippen molar-refractivity contribution < 1.29 is 9.53 Å². The monoisotopic (exact) mass is 440 g/mol. The lowest BCUT2D eigenvalue weighted by atomic mass is 9.42. The SMILES string of the molecule is CO[C@H]1CC[C@@]2(C)[C@@H](CC[C@@]3(C)CC4=CC[C@H]5[C@H](C)C(=O)CC[C@]5(C)[C@H]4CC[C@@H]32)C1(C)C. The summed E-state index contributed by atoms with van der Waals surface area (Å²) < 4.78 is 6.02. The number of ketones is 1. The Kier molecular flexibility index (Phi) is 5.37. The highest BCUT2D eigenvalue weighted by Gasteiger charge is 2.62. The van der Waals surface area contributed by atoms with Gasteiger partial charge in [0.25, 0.3) is 0 Å². The van der Waals surface area contributed by atoms with Crippen LogP contribution in [-0.4, -0.2) is 19.0 Å². The second-order valence-corrected chi connectivity index (χ2v) is 14.1. The van der Waals surface area contributed by atoms with Gasteiger partial charge in [-0.2, -0.15) is 0 Å². The number of ether oxygens (including phenoxy) is 1. The maximum atomic E-state index is 12.6. The molecule has 0 bridgehead atoms. The van der Waals surface area contributed by atoms with E-state index >= 15 is 0 Å². The van der Waals surface area contributed by atoms with Gasteiger partial charge in [0, 0.05) is 19.4 Å². The molecule has 0 saturated heterocycles. The van der Waals surface area contributed by atoms with E-state index in [1.165, 1.54) is 44.9 Å². The molecule has 0 aromatic carbocycles. The number of allylic oxidation sites excluding steroid dienone is 2. The zero-order chi connectivity index (χ0) is 23.1. The molecule has 2 heteroatoms. The lowest BCUT2D eigenvalue weighted by Crippen LogP contribution is -2.58. The first-order valence-corrected chi connectivity index (χ1v) is 13.7. The largest absolute Gasteiger partial charge is 0.381 e. The first kappa shape index (κ1) is 23.1. The van der Waals surface area contributed by atoms with Crippen LogP contribution in [0.4, 0.5) is 0 Å². The summed E-state index contributed by atoms with van der Waals surface area (Å²) >= 11 is 0. The van der Waals surface area contributed by atoms with Crippen LogP contribution in [0.1, 0.15) is 106 Å². The molecule has 4 fully saturated rings. The van der Waals surface area contributed by atoms with Crippen molar-refractivity contribution >= 4 is 5.78 Å². The number of hydrogen-bond acceptors (Lipinski definition) is 2. The second kappa shape index (κ2) is 7.43. The zero-order valence-electron chi connectivity index (χ0n) is 21.9. The minimum Gasteiger partial charge on any atom is -0.381 e. The van der Waals surface area contributed by atoms with Crippen LogP contribution in [0.25, 0.3) is 0 Å². The van der Waals surface area contributed by atoms with Crippen molar-refractivity contribution in [2.75, 3.05) is 7.11 Å². The van der Waals surface area contributed by atoms with Crippen LogP contribution >= 0.6 is 0 Å². The third-order valence-electron chi connectivity index (χ3n) is 12.5. The van der Waals surface area contributed by atoms with Crippen LogP contribution in [-0.2, 0) is 9.53 Å². The van der Waals surface area contributed by atoms with E-state index in [0.29, 0.717) is 40.0 Å². The number of rotatable bonds is 1. The van der Waals surface area contributed by atoms with Gasteiger partial charge < -0.3 is 4.74 Å². The normalized spacial score (nSPS) is 52.6. The summed E-state index contributed by atoms with van der Waals surface area (Å²) in [7, 11) is 1.93. The fourth-order valence-electron chi connectivity index (χ4n) is 10.8. The number of hydrogen-bond donors (Lipinski definition) is 0. The molecule has 0 aromatic rings. The van der Waals surface area contributed by atoms with Gasteiger partial charge >= 0.3 is 0 Å². The summed E-state index contributed by atoms with van der Waals surface area (Å²) in [4.78, 5) is 12.6. The van der Waals surface area contributed by atoms with Crippen molar-refractivity contribution in [3.63, 3.8) is 0 Å². The molecule has 0 amide bonds. The van der Waals surface area contributed by atoms with E-state index in [1.807, 2.05) is 7.11 Å². The highest BCUT2D eigenvalue weighted by molar-refractivity contribution is 5.82. The van der Waals surface area contributed by atoms with Gasteiger partial charge in [-0.15, -0.1) is 0 Å². The number of methoxy groups -OCH3 is 1. The maximum absolute atomic E-state index is 12.6. The Morgan fingerprint density at radius 3 is 2.38 bits per heavy atom. The molecule has 32 heavy (non-hydrogen) atoms. The molecule has 0 N–H and O–H groups in total. The highest BCUT2D eigenvalue weighted by atomic mass is 16.5. The standard InChI is InChI=1S/C30H48O2/c1-19-21-9-8-20-18-28(4)15-13-24-27(2,3)26(32-7)14-17-30(24,6)25(28)11-10-22(20)29(21,5)16-12-23(19)31/h8,19,21-22,24-26H,9-18H2,1-7H3/t19-,21-,22-,24-,25-,26-,28-,29-,30-/m0/s1. The molecule has 5 aliphatic rings.